The molecule has 4 rings (SSSR count). The third kappa shape index (κ3) is 3.49. The number of furan rings is 1. The summed E-state index contributed by atoms with van der Waals surface area (Å²) in [7, 11) is -1.69. The molecule has 0 N–H and O–H groups in total. The van der Waals surface area contributed by atoms with Gasteiger partial charge in [-0.15, -0.1) is 11.3 Å². The van der Waals surface area contributed by atoms with Crippen molar-refractivity contribution in [1.82, 2.24) is 14.1 Å². The summed E-state index contributed by atoms with van der Waals surface area (Å²) in [5.41, 5.74) is 3.29. The molecule has 0 atom stereocenters. The fourth-order valence-electron chi connectivity index (χ4n) is 3.61. The number of rotatable bonds is 7. The van der Waals surface area contributed by atoms with Gasteiger partial charge >= 0.3 is 0 Å². The largest absolute Gasteiger partial charge is 0.468 e. The van der Waals surface area contributed by atoms with E-state index in [0.29, 0.717) is 9.97 Å². The molecule has 0 spiro atoms. The highest BCUT2D eigenvalue weighted by atomic mass is 32.2. The van der Waals surface area contributed by atoms with Crippen LogP contribution in [0.5, 0.6) is 0 Å². The summed E-state index contributed by atoms with van der Waals surface area (Å²) in [5.74, 6) is 0.624. The topological polar surface area (TPSA) is 68.3 Å². The predicted molar refractivity (Wildman–Crippen MR) is 104 cm³/mol. The Morgan fingerprint density at radius 1 is 1.26 bits per heavy atom. The van der Waals surface area contributed by atoms with Crippen LogP contribution >= 0.6 is 11.3 Å². The third-order valence-corrected chi connectivity index (χ3v) is 8.51. The maximum atomic E-state index is 13.4. The van der Waals surface area contributed by atoms with Gasteiger partial charge in [0.15, 0.2) is 0 Å². The minimum absolute atomic E-state index is 0.194. The highest BCUT2D eigenvalue weighted by molar-refractivity contribution is 7.91. The van der Waals surface area contributed by atoms with E-state index in [9.17, 15) is 8.42 Å². The van der Waals surface area contributed by atoms with Crippen molar-refractivity contribution in [2.75, 3.05) is 0 Å². The van der Waals surface area contributed by atoms with Gasteiger partial charge in [0, 0.05) is 17.6 Å². The molecule has 27 heavy (non-hydrogen) atoms. The second-order valence-corrected chi connectivity index (χ2v) is 10.1. The lowest BCUT2D eigenvalue weighted by Gasteiger charge is -2.20. The van der Waals surface area contributed by atoms with Crippen LogP contribution in [0.3, 0.4) is 0 Å². The monoisotopic (exact) mass is 405 g/mol. The van der Waals surface area contributed by atoms with Gasteiger partial charge in [-0.05, 0) is 55.5 Å². The zero-order chi connectivity index (χ0) is 19.0. The summed E-state index contributed by atoms with van der Waals surface area (Å²) in [4.78, 5) is 1.06. The summed E-state index contributed by atoms with van der Waals surface area (Å²) in [6.45, 7) is 2.48. The lowest BCUT2D eigenvalue weighted by atomic mass is 10.2. The second-order valence-electron chi connectivity index (χ2n) is 6.78. The number of nitrogens with zero attached hydrogens (tertiary/aromatic N) is 3. The highest BCUT2D eigenvalue weighted by Gasteiger charge is 2.30. The molecule has 0 radical (unpaired) electrons. The van der Waals surface area contributed by atoms with Crippen molar-refractivity contribution in [3.63, 3.8) is 0 Å². The number of fused-ring (bicyclic) bond motifs is 1. The quantitative estimate of drug-likeness (QED) is 0.603. The minimum atomic E-state index is -3.63. The van der Waals surface area contributed by atoms with Crippen LogP contribution in [0.15, 0.2) is 39.2 Å². The molecule has 0 aliphatic heterocycles. The van der Waals surface area contributed by atoms with E-state index in [1.165, 1.54) is 26.9 Å². The smallest absolute Gasteiger partial charge is 0.253 e. The standard InChI is InChI=1S/C19H23N3O3S2/c1-3-15-9-10-19(26-15)27(23,24)22(12-14-6-5-11-25-14)13-17-16-7-4-8-18(16)21(2)20-17/h5-6,9-11H,3-4,7-8,12-13H2,1-2H3. The normalized spacial score (nSPS) is 14.2. The van der Waals surface area contributed by atoms with Gasteiger partial charge in [0.25, 0.3) is 10.0 Å². The van der Waals surface area contributed by atoms with Gasteiger partial charge in [0.2, 0.25) is 0 Å². The number of sulfonamides is 1. The van der Waals surface area contributed by atoms with Crippen LogP contribution in [-0.2, 0) is 49.4 Å². The molecular weight excluding hydrogens is 382 g/mol. The van der Waals surface area contributed by atoms with Crippen LogP contribution in [-0.4, -0.2) is 22.5 Å². The molecule has 1 aliphatic rings. The molecule has 0 aromatic carbocycles. The Kier molecular flexibility index (Phi) is 4.96. The van der Waals surface area contributed by atoms with Crippen molar-refractivity contribution in [2.45, 2.75) is 49.9 Å². The molecule has 0 fully saturated rings. The van der Waals surface area contributed by atoms with Gasteiger partial charge in [-0.25, -0.2) is 8.42 Å². The average Bonchev–Trinajstić information content (AvgIpc) is 3.42. The maximum absolute atomic E-state index is 13.4. The van der Waals surface area contributed by atoms with Crippen LogP contribution < -0.4 is 0 Å². The van der Waals surface area contributed by atoms with Crippen LogP contribution in [0.25, 0.3) is 0 Å². The van der Waals surface area contributed by atoms with Crippen LogP contribution in [0.4, 0.5) is 0 Å². The number of aromatic nitrogens is 2. The summed E-state index contributed by atoms with van der Waals surface area (Å²) in [6.07, 6.45) is 5.47. The molecule has 1 aliphatic carbocycles. The Hall–Kier alpha value is -1.90. The van der Waals surface area contributed by atoms with E-state index in [4.69, 9.17) is 4.42 Å². The van der Waals surface area contributed by atoms with Gasteiger partial charge in [-0.1, -0.05) is 6.92 Å². The lowest BCUT2D eigenvalue weighted by molar-refractivity contribution is 0.354. The fraction of sp³-hybridized carbons (Fsp3) is 0.421. The van der Waals surface area contributed by atoms with E-state index in [1.54, 1.807) is 24.5 Å². The van der Waals surface area contributed by atoms with Crippen LogP contribution in [0, 0.1) is 0 Å². The van der Waals surface area contributed by atoms with Gasteiger partial charge in [-0.3, -0.25) is 4.68 Å². The first-order valence-electron chi connectivity index (χ1n) is 9.14. The number of hydrogen-bond acceptors (Lipinski definition) is 5. The van der Waals surface area contributed by atoms with E-state index in [2.05, 4.69) is 5.10 Å². The predicted octanol–water partition coefficient (Wildman–Crippen LogP) is 3.52. The van der Waals surface area contributed by atoms with Crippen molar-refractivity contribution in [2.24, 2.45) is 7.05 Å². The first-order chi connectivity index (χ1) is 13.0. The highest BCUT2D eigenvalue weighted by Crippen LogP contribution is 2.30. The van der Waals surface area contributed by atoms with Gasteiger partial charge in [-0.2, -0.15) is 9.40 Å². The summed E-state index contributed by atoms with van der Waals surface area (Å²) < 4.78 is 35.9. The third-order valence-electron chi connectivity index (χ3n) is 5.02. The van der Waals surface area contributed by atoms with Crippen molar-refractivity contribution in [3.8, 4) is 0 Å². The summed E-state index contributed by atoms with van der Waals surface area (Å²) in [6, 6.07) is 7.17. The van der Waals surface area contributed by atoms with E-state index < -0.39 is 10.0 Å². The Bertz CT molecular complexity index is 1030. The zero-order valence-corrected chi connectivity index (χ0v) is 17.1. The summed E-state index contributed by atoms with van der Waals surface area (Å²) >= 11 is 1.34. The fourth-order valence-corrected chi connectivity index (χ4v) is 6.43. The Labute approximate surface area is 163 Å². The van der Waals surface area contributed by atoms with Crippen molar-refractivity contribution in [1.29, 1.82) is 0 Å². The Balaban J connectivity index is 1.70. The Morgan fingerprint density at radius 2 is 2.11 bits per heavy atom. The van der Waals surface area contributed by atoms with E-state index in [0.717, 1.165) is 36.3 Å². The van der Waals surface area contributed by atoms with Gasteiger partial charge in [0.05, 0.1) is 25.0 Å². The molecule has 3 heterocycles. The SMILES string of the molecule is CCc1ccc(S(=O)(=O)N(Cc2ccco2)Cc2nn(C)c3c2CCC3)s1. The zero-order valence-electron chi connectivity index (χ0n) is 15.5. The molecule has 8 heteroatoms. The molecule has 0 saturated heterocycles. The lowest BCUT2D eigenvalue weighted by Crippen LogP contribution is -2.30. The molecule has 6 nitrogen and oxygen atoms in total. The number of hydrogen-bond donors (Lipinski definition) is 0. The molecular formula is C19H23N3O3S2. The van der Waals surface area contributed by atoms with Crippen molar-refractivity contribution >= 4 is 21.4 Å². The van der Waals surface area contributed by atoms with Crippen molar-refractivity contribution in [3.05, 3.63) is 58.1 Å². The van der Waals surface area contributed by atoms with Gasteiger partial charge < -0.3 is 4.42 Å². The number of thiophene rings is 1. The van der Waals surface area contributed by atoms with Crippen LogP contribution in [0.1, 0.15) is 40.9 Å². The Morgan fingerprint density at radius 3 is 2.81 bits per heavy atom. The van der Waals surface area contributed by atoms with E-state index >= 15 is 0 Å². The van der Waals surface area contributed by atoms with Crippen LogP contribution in [0.2, 0.25) is 0 Å². The van der Waals surface area contributed by atoms with Crippen molar-refractivity contribution < 1.29 is 12.8 Å². The molecule has 3 aromatic rings. The van der Waals surface area contributed by atoms with E-state index in [1.807, 2.05) is 24.7 Å². The first-order valence-corrected chi connectivity index (χ1v) is 11.4. The summed E-state index contributed by atoms with van der Waals surface area (Å²) in [5, 5.41) is 4.61. The molecule has 3 aromatic heterocycles. The van der Waals surface area contributed by atoms with E-state index in [-0.39, 0.29) is 13.1 Å². The molecule has 0 unspecified atom stereocenters. The molecule has 0 bridgehead atoms. The maximum Gasteiger partial charge on any atom is 0.253 e. The molecule has 144 valence electrons. The first kappa shape index (κ1) is 18.5. The molecule has 0 amide bonds. The molecule has 0 saturated carbocycles. The number of aryl methyl sites for hydroxylation is 2. The van der Waals surface area contributed by atoms with Gasteiger partial charge in [0.1, 0.15) is 9.97 Å². The minimum Gasteiger partial charge on any atom is -0.468 e. The second kappa shape index (κ2) is 7.26. The average molecular weight is 406 g/mol.